The maximum absolute atomic E-state index is 14.2. The molecular weight excluding hydrogens is 513 g/mol. The summed E-state index contributed by atoms with van der Waals surface area (Å²) in [4.78, 5) is 45.9. The molecule has 2 aliphatic heterocycles. The lowest BCUT2D eigenvalue weighted by Crippen LogP contribution is -2.50. The summed E-state index contributed by atoms with van der Waals surface area (Å²) in [5.41, 5.74) is 6.34. The van der Waals surface area contributed by atoms with Crippen molar-refractivity contribution < 1.29 is 14.4 Å². The number of carbonyl (C=O) groups excluding carboxylic acids is 3. The summed E-state index contributed by atoms with van der Waals surface area (Å²) in [6.07, 6.45) is 1.48. The predicted molar refractivity (Wildman–Crippen MR) is 140 cm³/mol. The molecule has 192 valence electrons. The van der Waals surface area contributed by atoms with E-state index >= 15 is 0 Å². The number of hydrogen-bond acceptors (Lipinski definition) is 6. The third-order valence-electron chi connectivity index (χ3n) is 8.00. The maximum Gasteiger partial charge on any atom is 0.332 e. The number of nitriles is 1. The summed E-state index contributed by atoms with van der Waals surface area (Å²) in [5.74, 6) is -1.22. The highest BCUT2D eigenvalue weighted by Crippen LogP contribution is 2.53. The average Bonchev–Trinajstić information content (AvgIpc) is 3.51. The van der Waals surface area contributed by atoms with Gasteiger partial charge in [-0.05, 0) is 55.2 Å². The van der Waals surface area contributed by atoms with E-state index in [9.17, 15) is 19.6 Å². The van der Waals surface area contributed by atoms with E-state index in [0.29, 0.717) is 28.6 Å². The number of Topliss-reactive ketones (excluding diaryl/α,β-unsaturated/α-hetero) is 1. The number of nitrogens with zero attached hydrogens (tertiary/aromatic N) is 4. The number of anilines is 1. The van der Waals surface area contributed by atoms with Gasteiger partial charge in [-0.3, -0.25) is 14.5 Å². The summed E-state index contributed by atoms with van der Waals surface area (Å²) < 4.78 is 0. The smallest absolute Gasteiger partial charge is 0.326 e. The molecule has 3 aliphatic rings. The van der Waals surface area contributed by atoms with Crippen molar-refractivity contribution >= 4 is 46.6 Å². The Labute approximate surface area is 225 Å². The van der Waals surface area contributed by atoms with E-state index < -0.39 is 29.3 Å². The van der Waals surface area contributed by atoms with Gasteiger partial charge in [0.05, 0.1) is 23.9 Å². The van der Waals surface area contributed by atoms with Crippen molar-refractivity contribution in [2.45, 2.75) is 36.8 Å². The Kier molecular flexibility index (Phi) is 6.75. The van der Waals surface area contributed by atoms with Gasteiger partial charge in [-0.1, -0.05) is 35.3 Å². The van der Waals surface area contributed by atoms with Crippen molar-refractivity contribution in [1.82, 2.24) is 9.80 Å². The molecule has 8 nitrogen and oxygen atoms in total. The standard InChI is InChI=1S/C27H27Cl2N5O3/c1-32-26(37)34(22-10-19(28)9-20(29)11-22)25(36)27(32)12-18(24(35)15-33-7-6-21(31)14-33)8-23(27)17-4-2-16(13-30)3-5-17/h2-5,9-11,18,21,23H,6-8,12,14-15,31H2,1H3/t18?,21-,23-,27+/m0/s1. The third kappa shape index (κ3) is 4.40. The molecule has 10 heteroatoms. The highest BCUT2D eigenvalue weighted by atomic mass is 35.5. The molecule has 0 bridgehead atoms. The van der Waals surface area contributed by atoms with Crippen LogP contribution in [0.2, 0.25) is 10.0 Å². The van der Waals surface area contributed by atoms with Crippen LogP contribution in [0.4, 0.5) is 10.5 Å². The van der Waals surface area contributed by atoms with E-state index in [2.05, 4.69) is 11.0 Å². The second-order valence-corrected chi connectivity index (χ2v) is 11.1. The van der Waals surface area contributed by atoms with Gasteiger partial charge in [0.25, 0.3) is 5.91 Å². The summed E-state index contributed by atoms with van der Waals surface area (Å²) in [5, 5.41) is 9.86. The number of ketones is 1. The molecule has 2 saturated heterocycles. The second-order valence-electron chi connectivity index (χ2n) is 10.2. The van der Waals surface area contributed by atoms with Crippen LogP contribution in [0.15, 0.2) is 42.5 Å². The number of hydrogen-bond donors (Lipinski definition) is 1. The highest BCUT2D eigenvalue weighted by molar-refractivity contribution is 6.35. The largest absolute Gasteiger partial charge is 0.332 e. The Balaban J connectivity index is 1.53. The normalized spacial score (nSPS) is 27.9. The van der Waals surface area contributed by atoms with Gasteiger partial charge in [0.2, 0.25) is 0 Å². The molecule has 2 heterocycles. The summed E-state index contributed by atoms with van der Waals surface area (Å²) >= 11 is 12.4. The summed E-state index contributed by atoms with van der Waals surface area (Å²) in [6.45, 7) is 1.71. The number of amides is 3. The molecule has 1 unspecified atom stereocenters. The first-order valence-corrected chi connectivity index (χ1v) is 13.0. The lowest BCUT2D eigenvalue weighted by atomic mass is 9.80. The average molecular weight is 540 g/mol. The quantitative estimate of drug-likeness (QED) is 0.578. The number of benzene rings is 2. The SMILES string of the molecule is CN1C(=O)N(c2cc(Cl)cc(Cl)c2)C(=O)[C@]12CC(C(=O)CN1CC[C@H](N)C1)C[C@H]2c1ccc(C#N)cc1. The minimum Gasteiger partial charge on any atom is -0.326 e. The fourth-order valence-corrected chi connectivity index (χ4v) is 6.65. The molecule has 3 fully saturated rings. The number of urea groups is 1. The molecule has 2 aromatic rings. The molecule has 0 radical (unpaired) electrons. The Morgan fingerprint density at radius 2 is 1.84 bits per heavy atom. The molecule has 3 amide bonds. The summed E-state index contributed by atoms with van der Waals surface area (Å²) in [7, 11) is 1.61. The minimum absolute atomic E-state index is 0.0440. The fourth-order valence-electron chi connectivity index (χ4n) is 6.13. The monoisotopic (exact) mass is 539 g/mol. The van der Waals surface area contributed by atoms with Crippen LogP contribution in [0.5, 0.6) is 0 Å². The number of nitrogens with two attached hydrogens (primary N) is 1. The van der Waals surface area contributed by atoms with Gasteiger partial charge >= 0.3 is 6.03 Å². The van der Waals surface area contributed by atoms with Gasteiger partial charge in [-0.25, -0.2) is 9.69 Å². The molecule has 1 aliphatic carbocycles. The van der Waals surface area contributed by atoms with Crippen LogP contribution >= 0.6 is 23.2 Å². The zero-order chi connectivity index (χ0) is 26.5. The highest BCUT2D eigenvalue weighted by Gasteiger charge is 2.65. The molecule has 2 aromatic carbocycles. The molecule has 37 heavy (non-hydrogen) atoms. The molecule has 0 aromatic heterocycles. The van der Waals surface area contributed by atoms with Crippen molar-refractivity contribution in [1.29, 1.82) is 5.26 Å². The third-order valence-corrected chi connectivity index (χ3v) is 8.43. The molecule has 4 atom stereocenters. The van der Waals surface area contributed by atoms with E-state index in [1.165, 1.54) is 23.1 Å². The fraction of sp³-hybridized carbons (Fsp3) is 0.407. The zero-order valence-electron chi connectivity index (χ0n) is 20.4. The summed E-state index contributed by atoms with van der Waals surface area (Å²) in [6, 6.07) is 13.3. The van der Waals surface area contributed by atoms with Gasteiger partial charge in [0.15, 0.2) is 0 Å². The Hall–Kier alpha value is -2.96. The van der Waals surface area contributed by atoms with Crippen molar-refractivity contribution in [3.8, 4) is 6.07 Å². The van der Waals surface area contributed by atoms with Crippen molar-refractivity contribution in [3.05, 3.63) is 63.6 Å². The Morgan fingerprint density at radius 1 is 1.16 bits per heavy atom. The Morgan fingerprint density at radius 3 is 2.43 bits per heavy atom. The van der Waals surface area contributed by atoms with Crippen LogP contribution in [0, 0.1) is 17.2 Å². The molecule has 2 N–H and O–H groups in total. The first kappa shape index (κ1) is 25.7. The van der Waals surface area contributed by atoms with Gasteiger partial charge < -0.3 is 10.6 Å². The molecular formula is C27H27Cl2N5O3. The second kappa shape index (κ2) is 9.73. The molecule has 5 rings (SSSR count). The zero-order valence-corrected chi connectivity index (χ0v) is 21.9. The van der Waals surface area contributed by atoms with Gasteiger partial charge in [0, 0.05) is 48.1 Å². The van der Waals surface area contributed by atoms with Crippen LogP contribution in [0.1, 0.15) is 36.3 Å². The number of imide groups is 1. The van der Waals surface area contributed by atoms with Crippen LogP contribution < -0.4 is 10.6 Å². The maximum atomic E-state index is 14.2. The van der Waals surface area contributed by atoms with E-state index in [1.54, 1.807) is 19.2 Å². The number of rotatable bonds is 5. The van der Waals surface area contributed by atoms with E-state index in [1.807, 2.05) is 12.1 Å². The molecule has 1 saturated carbocycles. The van der Waals surface area contributed by atoms with Crippen LogP contribution in [0.3, 0.4) is 0 Å². The number of carbonyl (C=O) groups is 3. The minimum atomic E-state index is -1.26. The first-order chi connectivity index (χ1) is 17.6. The lowest BCUT2D eigenvalue weighted by Gasteiger charge is -2.34. The van der Waals surface area contributed by atoms with E-state index in [-0.39, 0.29) is 30.5 Å². The number of likely N-dealkylation sites (N-methyl/N-ethyl adjacent to an activating group) is 1. The van der Waals surface area contributed by atoms with E-state index in [0.717, 1.165) is 23.4 Å². The van der Waals surface area contributed by atoms with E-state index in [4.69, 9.17) is 28.9 Å². The Bertz CT molecular complexity index is 1290. The van der Waals surface area contributed by atoms with Crippen LogP contribution in [-0.4, -0.2) is 65.8 Å². The first-order valence-electron chi connectivity index (χ1n) is 12.2. The van der Waals surface area contributed by atoms with Crippen LogP contribution in [0.25, 0.3) is 0 Å². The van der Waals surface area contributed by atoms with Crippen molar-refractivity contribution in [3.63, 3.8) is 0 Å². The number of likely N-dealkylation sites (tertiary alicyclic amines) is 1. The topological polar surface area (TPSA) is 111 Å². The van der Waals surface area contributed by atoms with Gasteiger partial charge in [-0.15, -0.1) is 0 Å². The van der Waals surface area contributed by atoms with Gasteiger partial charge in [-0.2, -0.15) is 5.26 Å². The molecule has 1 spiro atoms. The number of halogens is 2. The van der Waals surface area contributed by atoms with Gasteiger partial charge in [0.1, 0.15) is 11.3 Å². The lowest BCUT2D eigenvalue weighted by molar-refractivity contribution is -0.126. The van der Waals surface area contributed by atoms with Crippen molar-refractivity contribution in [2.24, 2.45) is 11.7 Å². The van der Waals surface area contributed by atoms with Crippen molar-refractivity contribution in [2.75, 3.05) is 31.6 Å². The predicted octanol–water partition coefficient (Wildman–Crippen LogP) is 3.80. The van der Waals surface area contributed by atoms with Crippen LogP contribution in [-0.2, 0) is 9.59 Å².